The van der Waals surface area contributed by atoms with Crippen LogP contribution < -0.4 is 5.43 Å². The number of hydrogen-bond acceptors (Lipinski definition) is 3. The summed E-state index contributed by atoms with van der Waals surface area (Å²) in [6, 6.07) is 15.6. The molecule has 0 aliphatic carbocycles. The van der Waals surface area contributed by atoms with Gasteiger partial charge in [0.15, 0.2) is 11.2 Å². The predicted octanol–water partition coefficient (Wildman–Crippen LogP) is 3.66. The molecular formula is C17H12O3. The maximum absolute atomic E-state index is 12.0. The summed E-state index contributed by atoms with van der Waals surface area (Å²) in [4.78, 5) is 23.3. The van der Waals surface area contributed by atoms with E-state index in [1.54, 1.807) is 42.5 Å². The highest BCUT2D eigenvalue weighted by molar-refractivity contribution is 5.94. The first kappa shape index (κ1) is 12.4. The topological polar surface area (TPSA) is 47.3 Å². The lowest BCUT2D eigenvalue weighted by atomic mass is 10.1. The van der Waals surface area contributed by atoms with Crippen LogP contribution in [0.2, 0.25) is 0 Å². The second kappa shape index (κ2) is 4.78. The molecule has 1 aromatic heterocycles. The van der Waals surface area contributed by atoms with Crippen molar-refractivity contribution < 1.29 is 9.21 Å². The molecule has 20 heavy (non-hydrogen) atoms. The SMILES string of the molecule is CC(=O)c1ccc(-c2cc(=O)c3ccccc3o2)cc1. The number of ketones is 1. The molecule has 0 amide bonds. The number of fused-ring (bicyclic) bond motifs is 1. The molecule has 0 unspecified atom stereocenters. The molecule has 0 N–H and O–H groups in total. The third-order valence-electron chi connectivity index (χ3n) is 3.21. The van der Waals surface area contributed by atoms with Crippen molar-refractivity contribution in [1.82, 2.24) is 0 Å². The molecule has 0 aliphatic rings. The summed E-state index contributed by atoms with van der Waals surface area (Å²) in [6.45, 7) is 1.52. The zero-order valence-corrected chi connectivity index (χ0v) is 10.9. The quantitative estimate of drug-likeness (QED) is 0.663. The largest absolute Gasteiger partial charge is 0.456 e. The minimum atomic E-state index is -0.0718. The number of carbonyl (C=O) groups excluding carboxylic acids is 1. The maximum Gasteiger partial charge on any atom is 0.193 e. The summed E-state index contributed by atoms with van der Waals surface area (Å²) >= 11 is 0. The molecule has 3 aromatic rings. The van der Waals surface area contributed by atoms with Crippen LogP contribution in [0.25, 0.3) is 22.3 Å². The molecule has 0 aliphatic heterocycles. The Morgan fingerprint density at radius 1 is 1.00 bits per heavy atom. The van der Waals surface area contributed by atoms with Gasteiger partial charge in [-0.05, 0) is 19.1 Å². The zero-order valence-electron chi connectivity index (χ0n) is 10.9. The molecule has 0 radical (unpaired) electrons. The average molecular weight is 264 g/mol. The fraction of sp³-hybridized carbons (Fsp3) is 0.0588. The Balaban J connectivity index is 2.14. The van der Waals surface area contributed by atoms with Gasteiger partial charge < -0.3 is 4.42 Å². The molecule has 0 saturated carbocycles. The Kier molecular flexibility index (Phi) is 2.95. The van der Waals surface area contributed by atoms with Gasteiger partial charge in [-0.2, -0.15) is 0 Å². The number of hydrogen-bond donors (Lipinski definition) is 0. The van der Waals surface area contributed by atoms with Gasteiger partial charge >= 0.3 is 0 Å². The summed E-state index contributed by atoms with van der Waals surface area (Å²) in [5, 5.41) is 0.566. The molecule has 3 rings (SSSR count). The number of benzene rings is 2. The van der Waals surface area contributed by atoms with Crippen LogP contribution in [0.4, 0.5) is 0 Å². The van der Waals surface area contributed by atoms with Crippen molar-refractivity contribution in [1.29, 1.82) is 0 Å². The Bertz CT molecular complexity index is 842. The first-order valence-electron chi connectivity index (χ1n) is 6.29. The van der Waals surface area contributed by atoms with Gasteiger partial charge in [-0.3, -0.25) is 9.59 Å². The van der Waals surface area contributed by atoms with Crippen molar-refractivity contribution in [2.75, 3.05) is 0 Å². The van der Waals surface area contributed by atoms with E-state index in [4.69, 9.17) is 4.42 Å². The molecule has 2 aromatic carbocycles. The van der Waals surface area contributed by atoms with E-state index in [2.05, 4.69) is 0 Å². The van der Waals surface area contributed by atoms with Gasteiger partial charge in [0.1, 0.15) is 11.3 Å². The van der Waals surface area contributed by atoms with E-state index in [0.29, 0.717) is 22.3 Å². The molecule has 3 heteroatoms. The van der Waals surface area contributed by atoms with Crippen LogP contribution in [0.3, 0.4) is 0 Å². The fourth-order valence-corrected chi connectivity index (χ4v) is 2.12. The summed E-state index contributed by atoms with van der Waals surface area (Å²) in [6.07, 6.45) is 0. The molecule has 3 nitrogen and oxygen atoms in total. The van der Waals surface area contributed by atoms with Crippen LogP contribution in [-0.4, -0.2) is 5.78 Å². The third-order valence-corrected chi connectivity index (χ3v) is 3.21. The second-order valence-corrected chi connectivity index (χ2v) is 4.60. The zero-order chi connectivity index (χ0) is 14.1. The summed E-state index contributed by atoms with van der Waals surface area (Å²) in [5.41, 5.74) is 1.90. The van der Waals surface area contributed by atoms with Gasteiger partial charge in [0, 0.05) is 17.2 Å². The van der Waals surface area contributed by atoms with Crippen molar-refractivity contribution >= 4 is 16.8 Å². The van der Waals surface area contributed by atoms with E-state index < -0.39 is 0 Å². The van der Waals surface area contributed by atoms with Gasteiger partial charge in [0.05, 0.1) is 5.39 Å². The van der Waals surface area contributed by atoms with Gasteiger partial charge in [-0.15, -0.1) is 0 Å². The van der Waals surface area contributed by atoms with Crippen molar-refractivity contribution in [2.45, 2.75) is 6.92 Å². The van der Waals surface area contributed by atoms with E-state index in [0.717, 1.165) is 5.56 Å². The lowest BCUT2D eigenvalue weighted by Gasteiger charge is -2.03. The van der Waals surface area contributed by atoms with Crippen molar-refractivity contribution in [3.8, 4) is 11.3 Å². The van der Waals surface area contributed by atoms with E-state index >= 15 is 0 Å². The first-order valence-corrected chi connectivity index (χ1v) is 6.29. The van der Waals surface area contributed by atoms with Gasteiger partial charge in [-0.25, -0.2) is 0 Å². The normalized spacial score (nSPS) is 10.7. The van der Waals surface area contributed by atoms with Crippen molar-refractivity contribution in [2.24, 2.45) is 0 Å². The highest BCUT2D eigenvalue weighted by atomic mass is 16.3. The van der Waals surface area contributed by atoms with Crippen molar-refractivity contribution in [3.05, 3.63) is 70.4 Å². The third kappa shape index (κ3) is 2.14. The smallest absolute Gasteiger partial charge is 0.193 e. The Morgan fingerprint density at radius 3 is 2.40 bits per heavy atom. The van der Waals surface area contributed by atoms with Crippen LogP contribution in [0.5, 0.6) is 0 Å². The van der Waals surface area contributed by atoms with Gasteiger partial charge in [0.2, 0.25) is 0 Å². The van der Waals surface area contributed by atoms with Crippen LogP contribution in [0.1, 0.15) is 17.3 Å². The molecule has 1 heterocycles. The van der Waals surface area contributed by atoms with Crippen LogP contribution in [0.15, 0.2) is 63.8 Å². The predicted molar refractivity (Wildman–Crippen MR) is 77.9 cm³/mol. The minimum Gasteiger partial charge on any atom is -0.456 e. The lowest BCUT2D eigenvalue weighted by Crippen LogP contribution is -2.00. The molecule has 0 saturated heterocycles. The summed E-state index contributed by atoms with van der Waals surface area (Å²) < 4.78 is 5.74. The first-order chi connectivity index (χ1) is 9.65. The van der Waals surface area contributed by atoms with E-state index in [-0.39, 0.29) is 11.2 Å². The highest BCUT2D eigenvalue weighted by Crippen LogP contribution is 2.22. The van der Waals surface area contributed by atoms with Gasteiger partial charge in [0.25, 0.3) is 0 Å². The van der Waals surface area contributed by atoms with Crippen LogP contribution in [0, 0.1) is 0 Å². The summed E-state index contributed by atoms with van der Waals surface area (Å²) in [5.74, 6) is 0.514. The van der Waals surface area contributed by atoms with E-state index in [9.17, 15) is 9.59 Å². The van der Waals surface area contributed by atoms with E-state index in [1.165, 1.54) is 13.0 Å². The second-order valence-electron chi connectivity index (χ2n) is 4.60. The summed E-state index contributed by atoms with van der Waals surface area (Å²) in [7, 11) is 0. The standard InChI is InChI=1S/C17H12O3/c1-11(18)12-6-8-13(9-7-12)17-10-15(19)14-4-2-3-5-16(14)20-17/h2-10H,1H3. The van der Waals surface area contributed by atoms with E-state index in [1.807, 2.05) is 6.07 Å². The Morgan fingerprint density at radius 2 is 1.70 bits per heavy atom. The number of Topliss-reactive ketones (excluding diaryl/α,β-unsaturated/α-hetero) is 1. The number of carbonyl (C=O) groups is 1. The average Bonchev–Trinajstić information content (AvgIpc) is 2.47. The fourth-order valence-electron chi connectivity index (χ4n) is 2.12. The molecule has 0 bridgehead atoms. The van der Waals surface area contributed by atoms with Crippen LogP contribution >= 0.6 is 0 Å². The maximum atomic E-state index is 12.0. The number of rotatable bonds is 2. The molecule has 0 spiro atoms. The molecular weight excluding hydrogens is 252 g/mol. The van der Waals surface area contributed by atoms with Crippen LogP contribution in [-0.2, 0) is 0 Å². The lowest BCUT2D eigenvalue weighted by molar-refractivity contribution is 0.101. The van der Waals surface area contributed by atoms with Crippen molar-refractivity contribution in [3.63, 3.8) is 0 Å². The monoisotopic (exact) mass is 264 g/mol. The van der Waals surface area contributed by atoms with Gasteiger partial charge in [-0.1, -0.05) is 36.4 Å². The highest BCUT2D eigenvalue weighted by Gasteiger charge is 2.07. The molecule has 0 fully saturated rings. The Hall–Kier alpha value is -2.68. The Labute approximate surface area is 115 Å². The molecule has 0 atom stereocenters. The number of para-hydroxylation sites is 1. The molecule has 98 valence electrons. The minimum absolute atomic E-state index is 0.0107.